The molecule has 3 heterocycles. The number of aromatic nitrogens is 2. The fourth-order valence-corrected chi connectivity index (χ4v) is 5.27. The normalized spacial score (nSPS) is 21.6. The lowest BCUT2D eigenvalue weighted by Gasteiger charge is -2.40. The van der Waals surface area contributed by atoms with Gasteiger partial charge >= 0.3 is 0 Å². The van der Waals surface area contributed by atoms with Crippen molar-refractivity contribution in [2.45, 2.75) is 25.7 Å². The molecule has 1 aromatic heterocycles. The molecule has 31 heavy (non-hydrogen) atoms. The Morgan fingerprint density at radius 1 is 0.968 bits per heavy atom. The second kappa shape index (κ2) is 8.67. The molecule has 1 spiro atoms. The summed E-state index contributed by atoms with van der Waals surface area (Å²) < 4.78 is 0. The van der Waals surface area contributed by atoms with Gasteiger partial charge in [-0.15, -0.1) is 0 Å². The van der Waals surface area contributed by atoms with E-state index in [9.17, 15) is 4.79 Å². The standard InChI is InChI=1S/C26H30N4O/c31-25(23-9-7-22(8-10-23)24-11-15-27-28-24)30-18-14-26(20-30)13-4-16-29(19-26)17-12-21-5-2-1-3-6-21/h1-3,5-11,15H,4,12-14,16-20H2,(H,27,28). The number of amides is 1. The van der Waals surface area contributed by atoms with Crippen LogP contribution in [0.25, 0.3) is 11.3 Å². The van der Waals surface area contributed by atoms with Crippen molar-refractivity contribution in [1.29, 1.82) is 0 Å². The maximum atomic E-state index is 13.2. The minimum atomic E-state index is 0.162. The van der Waals surface area contributed by atoms with Crippen molar-refractivity contribution in [3.63, 3.8) is 0 Å². The second-order valence-corrected chi connectivity index (χ2v) is 9.14. The zero-order chi connectivity index (χ0) is 21.1. The number of aromatic amines is 1. The van der Waals surface area contributed by atoms with E-state index < -0.39 is 0 Å². The average molecular weight is 415 g/mol. The molecule has 1 atom stereocenters. The predicted molar refractivity (Wildman–Crippen MR) is 123 cm³/mol. The van der Waals surface area contributed by atoms with Crippen LogP contribution in [0.4, 0.5) is 0 Å². The molecule has 3 aromatic rings. The summed E-state index contributed by atoms with van der Waals surface area (Å²) >= 11 is 0. The van der Waals surface area contributed by atoms with E-state index in [0.717, 1.165) is 55.8 Å². The van der Waals surface area contributed by atoms with Gasteiger partial charge in [0.05, 0.1) is 5.69 Å². The Labute approximate surface area is 184 Å². The van der Waals surface area contributed by atoms with Crippen LogP contribution in [0, 0.1) is 5.41 Å². The number of benzene rings is 2. The molecule has 160 valence electrons. The van der Waals surface area contributed by atoms with Gasteiger partial charge < -0.3 is 9.80 Å². The van der Waals surface area contributed by atoms with Crippen LogP contribution in [0.2, 0.25) is 0 Å². The minimum Gasteiger partial charge on any atom is -0.338 e. The Morgan fingerprint density at radius 2 is 1.81 bits per heavy atom. The molecule has 1 unspecified atom stereocenters. The number of piperidine rings is 1. The molecule has 5 heteroatoms. The van der Waals surface area contributed by atoms with Gasteiger partial charge in [0, 0.05) is 43.4 Å². The first-order valence-electron chi connectivity index (χ1n) is 11.4. The molecule has 5 rings (SSSR count). The zero-order valence-corrected chi connectivity index (χ0v) is 18.0. The van der Waals surface area contributed by atoms with Crippen molar-refractivity contribution in [2.24, 2.45) is 5.41 Å². The van der Waals surface area contributed by atoms with Crippen molar-refractivity contribution in [3.8, 4) is 11.3 Å². The lowest BCUT2D eigenvalue weighted by atomic mass is 9.79. The predicted octanol–water partition coefficient (Wildman–Crippen LogP) is 4.25. The highest BCUT2D eigenvalue weighted by Gasteiger charge is 2.42. The molecule has 0 aliphatic carbocycles. The van der Waals surface area contributed by atoms with Gasteiger partial charge in [-0.3, -0.25) is 9.89 Å². The number of carbonyl (C=O) groups is 1. The van der Waals surface area contributed by atoms with Gasteiger partial charge in [0.25, 0.3) is 5.91 Å². The van der Waals surface area contributed by atoms with Crippen molar-refractivity contribution < 1.29 is 4.79 Å². The SMILES string of the molecule is O=C(c1ccc(-c2ccn[nH]2)cc1)N1CCC2(CCCN(CCc3ccccc3)C2)C1. The third-order valence-electron chi connectivity index (χ3n) is 6.97. The van der Waals surface area contributed by atoms with E-state index in [2.05, 4.69) is 50.3 Å². The first-order chi connectivity index (χ1) is 15.2. The molecular formula is C26H30N4O. The van der Waals surface area contributed by atoms with Gasteiger partial charge in [-0.05, 0) is 61.6 Å². The highest BCUT2D eigenvalue weighted by atomic mass is 16.2. The second-order valence-electron chi connectivity index (χ2n) is 9.14. The molecule has 5 nitrogen and oxygen atoms in total. The molecule has 1 amide bonds. The summed E-state index contributed by atoms with van der Waals surface area (Å²) in [4.78, 5) is 17.8. The number of hydrogen-bond donors (Lipinski definition) is 1. The monoisotopic (exact) mass is 414 g/mol. The fourth-order valence-electron chi connectivity index (χ4n) is 5.27. The molecule has 0 radical (unpaired) electrons. The van der Waals surface area contributed by atoms with Crippen LogP contribution < -0.4 is 0 Å². The Balaban J connectivity index is 1.20. The lowest BCUT2D eigenvalue weighted by Crippen LogP contribution is -2.46. The Morgan fingerprint density at radius 3 is 2.58 bits per heavy atom. The third kappa shape index (κ3) is 4.42. The largest absolute Gasteiger partial charge is 0.338 e. The Bertz CT molecular complexity index is 1000. The quantitative estimate of drug-likeness (QED) is 0.679. The van der Waals surface area contributed by atoms with Gasteiger partial charge in [0.15, 0.2) is 0 Å². The van der Waals surface area contributed by atoms with E-state index in [4.69, 9.17) is 0 Å². The molecular weight excluding hydrogens is 384 g/mol. The third-order valence-corrected chi connectivity index (χ3v) is 6.97. The van der Waals surface area contributed by atoms with Gasteiger partial charge in [0.2, 0.25) is 0 Å². The molecule has 0 saturated carbocycles. The van der Waals surface area contributed by atoms with Gasteiger partial charge in [0.1, 0.15) is 0 Å². The topological polar surface area (TPSA) is 52.2 Å². The summed E-state index contributed by atoms with van der Waals surface area (Å²) in [5.41, 5.74) is 4.46. The van der Waals surface area contributed by atoms with Crippen molar-refractivity contribution in [1.82, 2.24) is 20.0 Å². The Kier molecular flexibility index (Phi) is 5.60. The van der Waals surface area contributed by atoms with Crippen LogP contribution in [-0.4, -0.2) is 58.6 Å². The summed E-state index contributed by atoms with van der Waals surface area (Å²) in [6, 6.07) is 20.6. The van der Waals surface area contributed by atoms with Crippen molar-refractivity contribution >= 4 is 5.91 Å². The fraction of sp³-hybridized carbons (Fsp3) is 0.385. The number of hydrogen-bond acceptors (Lipinski definition) is 3. The van der Waals surface area contributed by atoms with Crippen molar-refractivity contribution in [3.05, 3.63) is 78.0 Å². The van der Waals surface area contributed by atoms with Crippen LogP contribution >= 0.6 is 0 Å². The number of carbonyl (C=O) groups excluding carboxylic acids is 1. The van der Waals surface area contributed by atoms with E-state index in [-0.39, 0.29) is 11.3 Å². The molecule has 2 aliphatic rings. The van der Waals surface area contributed by atoms with Crippen molar-refractivity contribution in [2.75, 3.05) is 32.7 Å². The van der Waals surface area contributed by atoms with E-state index in [1.54, 1.807) is 6.20 Å². The molecule has 2 fully saturated rings. The highest BCUT2D eigenvalue weighted by molar-refractivity contribution is 5.94. The zero-order valence-electron chi connectivity index (χ0n) is 18.0. The van der Waals surface area contributed by atoms with Crippen LogP contribution in [0.15, 0.2) is 66.9 Å². The first-order valence-corrected chi connectivity index (χ1v) is 11.4. The number of nitrogens with zero attached hydrogens (tertiary/aromatic N) is 3. The smallest absolute Gasteiger partial charge is 0.253 e. The van der Waals surface area contributed by atoms with Gasteiger partial charge in [-0.2, -0.15) is 5.10 Å². The number of likely N-dealkylation sites (tertiary alicyclic amines) is 2. The molecule has 2 aromatic carbocycles. The lowest BCUT2D eigenvalue weighted by molar-refractivity contribution is 0.0692. The van der Waals surface area contributed by atoms with Crippen LogP contribution in [0.3, 0.4) is 0 Å². The summed E-state index contributed by atoms with van der Waals surface area (Å²) in [6.45, 7) is 5.15. The average Bonchev–Trinajstić information content (AvgIpc) is 3.49. The summed E-state index contributed by atoms with van der Waals surface area (Å²) in [5.74, 6) is 0.162. The molecule has 2 aliphatic heterocycles. The first kappa shape index (κ1) is 20.0. The van der Waals surface area contributed by atoms with E-state index >= 15 is 0 Å². The molecule has 0 bridgehead atoms. The van der Waals surface area contributed by atoms with E-state index in [0.29, 0.717) is 0 Å². The molecule has 1 N–H and O–H groups in total. The van der Waals surface area contributed by atoms with Crippen LogP contribution in [-0.2, 0) is 6.42 Å². The summed E-state index contributed by atoms with van der Waals surface area (Å²) in [6.07, 6.45) is 6.42. The molecule has 2 saturated heterocycles. The maximum Gasteiger partial charge on any atom is 0.253 e. The van der Waals surface area contributed by atoms with Crippen LogP contribution in [0.5, 0.6) is 0 Å². The summed E-state index contributed by atoms with van der Waals surface area (Å²) in [7, 11) is 0. The number of nitrogens with one attached hydrogen (secondary N) is 1. The van der Waals surface area contributed by atoms with Gasteiger partial charge in [-0.1, -0.05) is 42.5 Å². The van der Waals surface area contributed by atoms with E-state index in [1.807, 2.05) is 30.3 Å². The number of H-pyrrole nitrogens is 1. The minimum absolute atomic E-state index is 0.162. The van der Waals surface area contributed by atoms with E-state index in [1.165, 1.54) is 24.9 Å². The Hall–Kier alpha value is -2.92. The van der Waals surface area contributed by atoms with Gasteiger partial charge in [-0.25, -0.2) is 0 Å². The summed E-state index contributed by atoms with van der Waals surface area (Å²) in [5, 5.41) is 6.97. The maximum absolute atomic E-state index is 13.2. The highest BCUT2D eigenvalue weighted by Crippen LogP contribution is 2.39. The van der Waals surface area contributed by atoms with Crippen LogP contribution in [0.1, 0.15) is 35.2 Å². The number of rotatable bonds is 5.